The van der Waals surface area contributed by atoms with Gasteiger partial charge in [-0.25, -0.2) is 17.6 Å². The lowest BCUT2D eigenvalue weighted by atomic mass is 9.97. The molecule has 10 heteroatoms. The van der Waals surface area contributed by atoms with Gasteiger partial charge in [0.05, 0.1) is 26.7 Å². The third-order valence-corrected chi connectivity index (χ3v) is 8.70. The highest BCUT2D eigenvalue weighted by atomic mass is 35.5. The van der Waals surface area contributed by atoms with E-state index in [1.807, 2.05) is 7.05 Å². The standard InChI is InChI=1S/C26H26Cl2FN3O3S/c1-16(22-4-3-5-23(27)25(22)28)30-26(33)31-20-6-8-21(9-7-20)36(34,35)15-19-12-17-10-11-32(2)14-18(17)13-24(19)29/h3-9,12-13,16H,10-11,14-15H2,1-2H3,(H2,30,31,33). The number of hydrogen-bond donors (Lipinski definition) is 2. The zero-order chi connectivity index (χ0) is 26.0. The highest BCUT2D eigenvalue weighted by Crippen LogP contribution is 2.30. The summed E-state index contributed by atoms with van der Waals surface area (Å²) in [5.41, 5.74) is 3.11. The molecule has 0 saturated carbocycles. The topological polar surface area (TPSA) is 78.5 Å². The summed E-state index contributed by atoms with van der Waals surface area (Å²) < 4.78 is 40.6. The van der Waals surface area contributed by atoms with Gasteiger partial charge in [0, 0.05) is 24.3 Å². The van der Waals surface area contributed by atoms with Gasteiger partial charge in [-0.2, -0.15) is 0 Å². The predicted molar refractivity (Wildman–Crippen MR) is 141 cm³/mol. The Kier molecular flexibility index (Phi) is 7.90. The van der Waals surface area contributed by atoms with Crippen molar-refractivity contribution in [1.29, 1.82) is 0 Å². The maximum absolute atomic E-state index is 14.7. The van der Waals surface area contributed by atoms with Crippen molar-refractivity contribution in [1.82, 2.24) is 10.2 Å². The number of sulfone groups is 1. The van der Waals surface area contributed by atoms with Crippen molar-refractivity contribution >= 4 is 44.8 Å². The van der Waals surface area contributed by atoms with Gasteiger partial charge in [-0.3, -0.25) is 0 Å². The molecule has 2 N–H and O–H groups in total. The normalized spacial score (nSPS) is 14.7. The molecule has 1 unspecified atom stereocenters. The zero-order valence-electron chi connectivity index (χ0n) is 19.8. The number of rotatable bonds is 6. The molecule has 0 spiro atoms. The monoisotopic (exact) mass is 549 g/mol. The first-order valence-electron chi connectivity index (χ1n) is 11.4. The number of amides is 2. The lowest BCUT2D eigenvalue weighted by molar-refractivity contribution is 0.249. The number of fused-ring (bicyclic) bond motifs is 1. The van der Waals surface area contributed by atoms with Crippen molar-refractivity contribution in [2.45, 2.75) is 36.6 Å². The van der Waals surface area contributed by atoms with Crippen LogP contribution >= 0.6 is 23.2 Å². The fourth-order valence-corrected chi connectivity index (χ4v) is 6.03. The Labute approximate surface area is 220 Å². The highest BCUT2D eigenvalue weighted by Gasteiger charge is 2.22. The third-order valence-electron chi connectivity index (χ3n) is 6.18. The van der Waals surface area contributed by atoms with Crippen LogP contribution < -0.4 is 10.6 Å². The van der Waals surface area contributed by atoms with Crippen molar-refractivity contribution in [3.63, 3.8) is 0 Å². The van der Waals surface area contributed by atoms with Crippen LogP contribution in [0.2, 0.25) is 10.0 Å². The third kappa shape index (κ3) is 6.00. The van der Waals surface area contributed by atoms with E-state index >= 15 is 0 Å². The quantitative estimate of drug-likeness (QED) is 0.396. The Bertz CT molecular complexity index is 1400. The molecule has 1 aliphatic rings. The number of anilines is 1. The second-order valence-electron chi connectivity index (χ2n) is 8.95. The molecule has 3 aromatic rings. The van der Waals surface area contributed by atoms with Crippen molar-refractivity contribution in [3.05, 3.63) is 92.7 Å². The van der Waals surface area contributed by atoms with Crippen LogP contribution in [0, 0.1) is 5.82 Å². The minimum atomic E-state index is -3.79. The van der Waals surface area contributed by atoms with E-state index in [1.54, 1.807) is 31.2 Å². The molecule has 4 rings (SSSR count). The summed E-state index contributed by atoms with van der Waals surface area (Å²) in [6.45, 7) is 3.26. The smallest absolute Gasteiger partial charge is 0.319 e. The van der Waals surface area contributed by atoms with Crippen LogP contribution in [0.1, 0.15) is 35.2 Å². The lowest BCUT2D eigenvalue weighted by Gasteiger charge is -2.25. The Hall–Kier alpha value is -2.65. The molecular weight excluding hydrogens is 524 g/mol. The minimum absolute atomic E-state index is 0.0457. The maximum atomic E-state index is 14.7. The molecule has 3 aromatic carbocycles. The van der Waals surface area contributed by atoms with E-state index in [0.717, 1.165) is 24.1 Å². The number of halogens is 3. The molecule has 0 fully saturated rings. The SMILES string of the molecule is CC(NC(=O)Nc1ccc(S(=O)(=O)Cc2cc3c(cc2F)CN(C)CC3)cc1)c1cccc(Cl)c1Cl. The zero-order valence-corrected chi connectivity index (χ0v) is 22.1. The molecule has 6 nitrogen and oxygen atoms in total. The van der Waals surface area contributed by atoms with Gasteiger partial charge in [0.25, 0.3) is 0 Å². The summed E-state index contributed by atoms with van der Waals surface area (Å²) in [5.74, 6) is -0.954. The first-order chi connectivity index (χ1) is 17.0. The predicted octanol–water partition coefficient (Wildman–Crippen LogP) is 5.98. The number of benzene rings is 3. The summed E-state index contributed by atoms with van der Waals surface area (Å²) in [4.78, 5) is 14.6. The number of nitrogens with one attached hydrogen (secondary N) is 2. The van der Waals surface area contributed by atoms with Gasteiger partial charge in [-0.1, -0.05) is 41.4 Å². The molecule has 0 bridgehead atoms. The molecule has 0 radical (unpaired) electrons. The van der Waals surface area contributed by atoms with Gasteiger partial charge in [0.2, 0.25) is 0 Å². The molecule has 0 aliphatic carbocycles. The van der Waals surface area contributed by atoms with Crippen LogP contribution in [0.3, 0.4) is 0 Å². The maximum Gasteiger partial charge on any atom is 0.319 e. The van der Waals surface area contributed by atoms with Gasteiger partial charge >= 0.3 is 6.03 Å². The van der Waals surface area contributed by atoms with E-state index in [1.165, 1.54) is 30.3 Å². The largest absolute Gasteiger partial charge is 0.331 e. The summed E-state index contributed by atoms with van der Waals surface area (Å²) >= 11 is 12.3. The molecule has 1 heterocycles. The van der Waals surface area contributed by atoms with Gasteiger partial charge in [-0.15, -0.1) is 0 Å². The van der Waals surface area contributed by atoms with Gasteiger partial charge in [0.1, 0.15) is 5.82 Å². The molecule has 36 heavy (non-hydrogen) atoms. The Morgan fingerprint density at radius 3 is 2.56 bits per heavy atom. The number of likely N-dealkylation sites (N-methyl/N-ethyl adjacent to an activating group) is 1. The van der Waals surface area contributed by atoms with Crippen LogP contribution in [-0.4, -0.2) is 32.9 Å². The van der Waals surface area contributed by atoms with Gasteiger partial charge < -0.3 is 15.5 Å². The molecule has 2 amide bonds. The molecule has 1 aliphatic heterocycles. The molecule has 0 aromatic heterocycles. The van der Waals surface area contributed by atoms with Crippen LogP contribution in [-0.2, 0) is 28.6 Å². The molecule has 0 saturated heterocycles. The molecular formula is C26H26Cl2FN3O3S. The average molecular weight is 550 g/mol. The second kappa shape index (κ2) is 10.8. The number of carbonyl (C=O) groups excluding carboxylic acids is 1. The Morgan fingerprint density at radius 1 is 1.11 bits per heavy atom. The first-order valence-corrected chi connectivity index (χ1v) is 13.8. The van der Waals surface area contributed by atoms with Crippen LogP contribution in [0.5, 0.6) is 0 Å². The van der Waals surface area contributed by atoms with E-state index in [2.05, 4.69) is 15.5 Å². The number of nitrogens with zero attached hydrogens (tertiary/aromatic N) is 1. The van der Waals surface area contributed by atoms with E-state index < -0.39 is 33.5 Å². The van der Waals surface area contributed by atoms with E-state index in [-0.39, 0.29) is 10.5 Å². The summed E-state index contributed by atoms with van der Waals surface area (Å²) in [6, 6.07) is 13.2. The van der Waals surface area contributed by atoms with E-state index in [4.69, 9.17) is 23.2 Å². The highest BCUT2D eigenvalue weighted by molar-refractivity contribution is 7.90. The summed E-state index contributed by atoms with van der Waals surface area (Å²) in [7, 11) is -1.82. The summed E-state index contributed by atoms with van der Waals surface area (Å²) in [6.07, 6.45) is 0.754. The number of urea groups is 1. The Balaban J connectivity index is 1.42. The fraction of sp³-hybridized carbons (Fsp3) is 0.269. The van der Waals surface area contributed by atoms with E-state index in [9.17, 15) is 17.6 Å². The number of carbonyl (C=O) groups is 1. The van der Waals surface area contributed by atoms with Crippen molar-refractivity contribution < 1.29 is 17.6 Å². The van der Waals surface area contributed by atoms with Crippen molar-refractivity contribution in [3.8, 4) is 0 Å². The first kappa shape index (κ1) is 26.4. The van der Waals surface area contributed by atoms with Crippen molar-refractivity contribution in [2.24, 2.45) is 0 Å². The fourth-order valence-electron chi connectivity index (χ4n) is 4.21. The van der Waals surface area contributed by atoms with Crippen LogP contribution in [0.25, 0.3) is 0 Å². The number of hydrogen-bond acceptors (Lipinski definition) is 4. The molecule has 1 atom stereocenters. The minimum Gasteiger partial charge on any atom is -0.331 e. The van der Waals surface area contributed by atoms with Crippen LogP contribution in [0.15, 0.2) is 59.5 Å². The summed E-state index contributed by atoms with van der Waals surface area (Å²) in [5, 5.41) is 6.19. The van der Waals surface area contributed by atoms with Crippen molar-refractivity contribution in [2.75, 3.05) is 18.9 Å². The average Bonchev–Trinajstić information content (AvgIpc) is 2.81. The Morgan fingerprint density at radius 2 is 1.83 bits per heavy atom. The van der Waals surface area contributed by atoms with E-state index in [0.29, 0.717) is 27.8 Å². The van der Waals surface area contributed by atoms with Crippen LogP contribution in [0.4, 0.5) is 14.9 Å². The van der Waals surface area contributed by atoms with Gasteiger partial charge in [0.15, 0.2) is 9.84 Å². The lowest BCUT2D eigenvalue weighted by Crippen LogP contribution is -2.31. The van der Waals surface area contributed by atoms with Gasteiger partial charge in [-0.05, 0) is 73.5 Å². The second-order valence-corrected chi connectivity index (χ2v) is 11.7. The molecule has 190 valence electrons.